The molecule has 3 aromatic rings. The first-order valence-electron chi connectivity index (χ1n) is 9.83. The van der Waals surface area contributed by atoms with Crippen molar-refractivity contribution in [2.45, 2.75) is 39.2 Å². The minimum absolute atomic E-state index is 0.0123. The number of nitrogens with one attached hydrogen (secondary N) is 2. The Bertz CT molecular complexity index is 904. The Morgan fingerprint density at radius 2 is 1.86 bits per heavy atom. The van der Waals surface area contributed by atoms with Gasteiger partial charge < -0.3 is 15.4 Å². The Morgan fingerprint density at radius 1 is 1.07 bits per heavy atom. The van der Waals surface area contributed by atoms with Gasteiger partial charge in [0.1, 0.15) is 17.3 Å². The van der Waals surface area contributed by atoms with Crippen LogP contribution >= 0.6 is 0 Å². The standard InChI is InChI=1S/C23H27N3O2/c1-3-4-5-15-25-23(27)17(2)26-19-11-13-20(14-12-19)28-21-10-6-8-18-9-7-16-24-22(18)21/h6-14,16-17,26H,3-5,15H2,1-2H3,(H,25,27). The van der Waals surface area contributed by atoms with E-state index < -0.39 is 0 Å². The number of benzene rings is 2. The van der Waals surface area contributed by atoms with Gasteiger partial charge in [-0.05, 0) is 49.7 Å². The summed E-state index contributed by atoms with van der Waals surface area (Å²) in [6, 6.07) is 17.1. The van der Waals surface area contributed by atoms with E-state index in [2.05, 4.69) is 22.5 Å². The van der Waals surface area contributed by atoms with Crippen molar-refractivity contribution in [1.29, 1.82) is 0 Å². The van der Waals surface area contributed by atoms with Gasteiger partial charge in [0.05, 0.1) is 0 Å². The number of carbonyl (C=O) groups excluding carboxylic acids is 1. The first kappa shape index (κ1) is 19.7. The third-order valence-electron chi connectivity index (χ3n) is 4.53. The van der Waals surface area contributed by atoms with Gasteiger partial charge in [-0.2, -0.15) is 0 Å². The Morgan fingerprint density at radius 3 is 2.64 bits per heavy atom. The van der Waals surface area contributed by atoms with E-state index in [9.17, 15) is 4.79 Å². The van der Waals surface area contributed by atoms with Crippen molar-refractivity contribution in [1.82, 2.24) is 10.3 Å². The maximum absolute atomic E-state index is 12.1. The number of nitrogens with zero attached hydrogens (tertiary/aromatic N) is 1. The first-order valence-corrected chi connectivity index (χ1v) is 9.83. The highest BCUT2D eigenvalue weighted by Gasteiger charge is 2.12. The number of unbranched alkanes of at least 4 members (excludes halogenated alkanes) is 2. The Labute approximate surface area is 166 Å². The van der Waals surface area contributed by atoms with Gasteiger partial charge in [-0.1, -0.05) is 38.0 Å². The summed E-state index contributed by atoms with van der Waals surface area (Å²) in [5.74, 6) is 1.46. The number of hydrogen-bond acceptors (Lipinski definition) is 4. The molecule has 0 radical (unpaired) electrons. The molecule has 5 heteroatoms. The quantitative estimate of drug-likeness (QED) is 0.507. The van der Waals surface area contributed by atoms with Gasteiger partial charge in [-0.25, -0.2) is 0 Å². The third kappa shape index (κ3) is 5.22. The number of para-hydroxylation sites is 1. The summed E-state index contributed by atoms with van der Waals surface area (Å²) in [5.41, 5.74) is 1.71. The second kappa shape index (κ2) is 9.74. The highest BCUT2D eigenvalue weighted by atomic mass is 16.5. The van der Waals surface area contributed by atoms with Crippen LogP contribution in [0.2, 0.25) is 0 Å². The molecule has 3 rings (SSSR count). The van der Waals surface area contributed by atoms with Crippen LogP contribution in [0.3, 0.4) is 0 Å². The number of fused-ring (bicyclic) bond motifs is 1. The number of amides is 1. The highest BCUT2D eigenvalue weighted by molar-refractivity contribution is 5.85. The van der Waals surface area contributed by atoms with Crippen LogP contribution in [0.1, 0.15) is 33.1 Å². The molecule has 0 aliphatic heterocycles. The molecule has 0 aliphatic carbocycles. The van der Waals surface area contributed by atoms with E-state index >= 15 is 0 Å². The molecule has 1 heterocycles. The predicted octanol–water partition coefficient (Wildman–Crippen LogP) is 5.13. The van der Waals surface area contributed by atoms with Crippen LogP contribution in [-0.4, -0.2) is 23.5 Å². The van der Waals surface area contributed by atoms with E-state index in [0.717, 1.165) is 53.9 Å². The van der Waals surface area contributed by atoms with Crippen LogP contribution < -0.4 is 15.4 Å². The Hall–Kier alpha value is -3.08. The summed E-state index contributed by atoms with van der Waals surface area (Å²) in [7, 11) is 0. The molecule has 0 saturated heterocycles. The topological polar surface area (TPSA) is 63.2 Å². The number of pyridine rings is 1. The lowest BCUT2D eigenvalue weighted by molar-refractivity contribution is -0.121. The summed E-state index contributed by atoms with van der Waals surface area (Å²) < 4.78 is 6.01. The van der Waals surface area contributed by atoms with Gasteiger partial charge in [-0.15, -0.1) is 0 Å². The van der Waals surface area contributed by atoms with E-state index in [0.29, 0.717) is 0 Å². The van der Waals surface area contributed by atoms with E-state index in [1.165, 1.54) is 0 Å². The molecule has 2 aromatic carbocycles. The molecule has 1 amide bonds. The summed E-state index contributed by atoms with van der Waals surface area (Å²) >= 11 is 0. The molecule has 28 heavy (non-hydrogen) atoms. The number of anilines is 1. The number of ether oxygens (including phenoxy) is 1. The van der Waals surface area contributed by atoms with Crippen molar-refractivity contribution in [3.8, 4) is 11.5 Å². The van der Waals surface area contributed by atoms with E-state index in [1.807, 2.05) is 61.5 Å². The summed E-state index contributed by atoms with van der Waals surface area (Å²) in [4.78, 5) is 16.5. The minimum Gasteiger partial charge on any atom is -0.455 e. The summed E-state index contributed by atoms with van der Waals surface area (Å²) in [6.07, 6.45) is 5.06. The number of rotatable bonds is 9. The number of carbonyl (C=O) groups is 1. The molecule has 0 fully saturated rings. The van der Waals surface area contributed by atoms with Gasteiger partial charge in [0.25, 0.3) is 0 Å². The fourth-order valence-corrected chi connectivity index (χ4v) is 2.96. The van der Waals surface area contributed by atoms with Gasteiger partial charge in [0, 0.05) is 23.8 Å². The van der Waals surface area contributed by atoms with Gasteiger partial charge in [0.15, 0.2) is 5.75 Å². The lowest BCUT2D eigenvalue weighted by Crippen LogP contribution is -2.37. The van der Waals surface area contributed by atoms with E-state index in [4.69, 9.17) is 4.74 Å². The molecular formula is C23H27N3O2. The summed E-state index contributed by atoms with van der Waals surface area (Å²) in [6.45, 7) is 4.74. The Balaban J connectivity index is 1.58. The predicted molar refractivity (Wildman–Crippen MR) is 114 cm³/mol. The fourth-order valence-electron chi connectivity index (χ4n) is 2.96. The van der Waals surface area contributed by atoms with Crippen LogP contribution in [-0.2, 0) is 4.79 Å². The van der Waals surface area contributed by atoms with Crippen molar-refractivity contribution in [2.75, 3.05) is 11.9 Å². The molecule has 146 valence electrons. The van der Waals surface area contributed by atoms with Gasteiger partial charge >= 0.3 is 0 Å². The lowest BCUT2D eigenvalue weighted by Gasteiger charge is -2.16. The molecule has 0 saturated carbocycles. The van der Waals surface area contributed by atoms with E-state index in [1.54, 1.807) is 6.20 Å². The molecule has 0 bridgehead atoms. The molecule has 0 spiro atoms. The van der Waals surface area contributed by atoms with Crippen LogP contribution in [0.5, 0.6) is 11.5 Å². The Kier molecular flexibility index (Phi) is 6.84. The number of aromatic nitrogens is 1. The molecule has 0 aliphatic rings. The molecule has 1 unspecified atom stereocenters. The lowest BCUT2D eigenvalue weighted by atomic mass is 10.2. The van der Waals surface area contributed by atoms with Gasteiger partial charge in [0.2, 0.25) is 5.91 Å². The molecular weight excluding hydrogens is 350 g/mol. The molecule has 1 atom stereocenters. The van der Waals surface area contributed by atoms with Gasteiger partial charge in [-0.3, -0.25) is 9.78 Å². The molecule has 2 N–H and O–H groups in total. The average Bonchev–Trinajstić information content (AvgIpc) is 2.72. The van der Waals surface area contributed by atoms with Crippen LogP contribution in [0, 0.1) is 0 Å². The zero-order valence-electron chi connectivity index (χ0n) is 16.4. The average molecular weight is 377 g/mol. The number of hydrogen-bond donors (Lipinski definition) is 2. The largest absolute Gasteiger partial charge is 0.455 e. The van der Waals surface area contributed by atoms with Crippen molar-refractivity contribution < 1.29 is 9.53 Å². The van der Waals surface area contributed by atoms with Crippen LogP contribution in [0.15, 0.2) is 60.8 Å². The maximum atomic E-state index is 12.1. The first-order chi connectivity index (χ1) is 13.7. The normalized spacial score (nSPS) is 11.8. The second-order valence-electron chi connectivity index (χ2n) is 6.82. The minimum atomic E-state index is -0.296. The molecule has 5 nitrogen and oxygen atoms in total. The maximum Gasteiger partial charge on any atom is 0.242 e. The summed E-state index contributed by atoms with van der Waals surface area (Å²) in [5, 5.41) is 7.23. The van der Waals surface area contributed by atoms with Crippen LogP contribution in [0.4, 0.5) is 5.69 Å². The zero-order valence-corrected chi connectivity index (χ0v) is 16.4. The smallest absolute Gasteiger partial charge is 0.242 e. The van der Waals surface area contributed by atoms with Crippen molar-refractivity contribution in [3.63, 3.8) is 0 Å². The zero-order chi connectivity index (χ0) is 19.8. The van der Waals surface area contributed by atoms with Crippen molar-refractivity contribution in [3.05, 3.63) is 60.8 Å². The van der Waals surface area contributed by atoms with Crippen LogP contribution in [0.25, 0.3) is 10.9 Å². The second-order valence-corrected chi connectivity index (χ2v) is 6.82. The van der Waals surface area contributed by atoms with E-state index in [-0.39, 0.29) is 11.9 Å². The highest BCUT2D eigenvalue weighted by Crippen LogP contribution is 2.28. The third-order valence-corrected chi connectivity index (χ3v) is 4.53. The van der Waals surface area contributed by atoms with Crippen molar-refractivity contribution >= 4 is 22.5 Å². The SMILES string of the molecule is CCCCCNC(=O)C(C)Nc1ccc(Oc2cccc3cccnc23)cc1. The molecule has 1 aromatic heterocycles. The fraction of sp³-hybridized carbons (Fsp3) is 0.304. The van der Waals surface area contributed by atoms with Crippen molar-refractivity contribution in [2.24, 2.45) is 0 Å². The monoisotopic (exact) mass is 377 g/mol.